The normalized spacial score (nSPS) is 22.3. The lowest BCUT2D eigenvalue weighted by Crippen LogP contribution is -2.12. The molecule has 110 valence electrons. The molecule has 21 heavy (non-hydrogen) atoms. The van der Waals surface area contributed by atoms with E-state index in [0.29, 0.717) is 17.0 Å². The molecule has 0 saturated heterocycles. The van der Waals surface area contributed by atoms with Crippen LogP contribution >= 0.6 is 11.6 Å². The van der Waals surface area contributed by atoms with Crippen molar-refractivity contribution < 1.29 is 0 Å². The number of nitrogens with zero attached hydrogens (tertiary/aromatic N) is 3. The second kappa shape index (κ2) is 5.03. The third-order valence-electron chi connectivity index (χ3n) is 4.53. The summed E-state index contributed by atoms with van der Waals surface area (Å²) in [6.07, 6.45) is 3.49. The van der Waals surface area contributed by atoms with Crippen molar-refractivity contribution in [3.05, 3.63) is 29.6 Å². The van der Waals surface area contributed by atoms with Crippen LogP contribution in [0.25, 0.3) is 11.0 Å². The average molecular weight is 302 g/mol. The van der Waals surface area contributed by atoms with Gasteiger partial charge < -0.3 is 4.57 Å². The Morgan fingerprint density at radius 3 is 2.81 bits per heavy atom. The van der Waals surface area contributed by atoms with Gasteiger partial charge in [-0.15, -0.1) is 11.6 Å². The van der Waals surface area contributed by atoms with Gasteiger partial charge in [0.1, 0.15) is 17.4 Å². The molecule has 3 nitrogen and oxygen atoms in total. The Balaban J connectivity index is 2.21. The van der Waals surface area contributed by atoms with Crippen LogP contribution in [0, 0.1) is 16.7 Å². The van der Waals surface area contributed by atoms with Crippen LogP contribution in [0.1, 0.15) is 62.8 Å². The molecule has 1 aromatic heterocycles. The van der Waals surface area contributed by atoms with Gasteiger partial charge in [-0.25, -0.2) is 4.98 Å². The minimum Gasteiger partial charge on any atom is -0.324 e. The first-order valence-electron chi connectivity index (χ1n) is 7.48. The molecular weight excluding hydrogens is 282 g/mol. The minimum atomic E-state index is -0.160. The van der Waals surface area contributed by atoms with Gasteiger partial charge in [-0.05, 0) is 43.7 Å². The highest BCUT2D eigenvalue weighted by molar-refractivity contribution is 6.20. The number of halogens is 1. The predicted octanol–water partition coefficient (Wildman–Crippen LogP) is 4.96. The largest absolute Gasteiger partial charge is 0.324 e. The van der Waals surface area contributed by atoms with Crippen molar-refractivity contribution in [3.63, 3.8) is 0 Å². The summed E-state index contributed by atoms with van der Waals surface area (Å²) >= 11 is 6.36. The molecule has 1 saturated carbocycles. The number of imidazole rings is 1. The van der Waals surface area contributed by atoms with Gasteiger partial charge in [-0.1, -0.05) is 19.9 Å². The van der Waals surface area contributed by atoms with Crippen molar-refractivity contribution >= 4 is 22.6 Å². The zero-order valence-electron chi connectivity index (χ0n) is 12.7. The van der Waals surface area contributed by atoms with Gasteiger partial charge in [0.2, 0.25) is 0 Å². The van der Waals surface area contributed by atoms with Crippen LogP contribution in [0.4, 0.5) is 0 Å². The standard InChI is InChI=1S/C17H20ClN3/c1-11(18)16-20-15-12(10-19)5-4-6-14(15)21(16)13-7-8-17(2,3)9-13/h4-6,11,13H,7-9H2,1-3H3. The monoisotopic (exact) mass is 301 g/mol. The van der Waals surface area contributed by atoms with E-state index in [1.807, 2.05) is 19.1 Å². The maximum Gasteiger partial charge on any atom is 0.128 e. The smallest absolute Gasteiger partial charge is 0.128 e. The first-order chi connectivity index (χ1) is 9.93. The topological polar surface area (TPSA) is 41.6 Å². The highest BCUT2D eigenvalue weighted by Crippen LogP contribution is 2.45. The quantitative estimate of drug-likeness (QED) is 0.736. The van der Waals surface area contributed by atoms with Gasteiger partial charge in [0.25, 0.3) is 0 Å². The average Bonchev–Trinajstić information content (AvgIpc) is 2.98. The van der Waals surface area contributed by atoms with Gasteiger partial charge >= 0.3 is 0 Å². The molecule has 0 amide bonds. The molecule has 0 spiro atoms. The highest BCUT2D eigenvalue weighted by atomic mass is 35.5. The SMILES string of the molecule is CC(Cl)c1nc2c(C#N)cccc2n1C1CCC(C)(C)C1. The summed E-state index contributed by atoms with van der Waals surface area (Å²) < 4.78 is 2.28. The predicted molar refractivity (Wildman–Crippen MR) is 85.4 cm³/mol. The van der Waals surface area contributed by atoms with Crippen LogP contribution in [0.2, 0.25) is 0 Å². The minimum absolute atomic E-state index is 0.160. The first-order valence-corrected chi connectivity index (χ1v) is 7.91. The van der Waals surface area contributed by atoms with E-state index in [9.17, 15) is 5.26 Å². The summed E-state index contributed by atoms with van der Waals surface area (Å²) in [6.45, 7) is 6.58. The van der Waals surface area contributed by atoms with Gasteiger partial charge in [-0.2, -0.15) is 5.26 Å². The third kappa shape index (κ3) is 2.42. The van der Waals surface area contributed by atoms with Crippen LogP contribution in [-0.4, -0.2) is 9.55 Å². The fourth-order valence-corrected chi connectivity index (χ4v) is 3.66. The summed E-state index contributed by atoms with van der Waals surface area (Å²) in [5.41, 5.74) is 2.81. The van der Waals surface area contributed by atoms with Crippen molar-refractivity contribution in [3.8, 4) is 6.07 Å². The Hall–Kier alpha value is -1.53. The number of rotatable bonds is 2. The fraction of sp³-hybridized carbons (Fsp3) is 0.529. The summed E-state index contributed by atoms with van der Waals surface area (Å²) in [7, 11) is 0. The van der Waals surface area contributed by atoms with E-state index in [1.165, 1.54) is 6.42 Å². The molecule has 1 aromatic carbocycles. The fourth-order valence-electron chi connectivity index (χ4n) is 3.51. The van der Waals surface area contributed by atoms with E-state index in [0.717, 1.165) is 29.7 Å². The summed E-state index contributed by atoms with van der Waals surface area (Å²) in [5, 5.41) is 9.13. The van der Waals surface area contributed by atoms with E-state index in [2.05, 4.69) is 35.5 Å². The molecule has 1 aliphatic carbocycles. The highest BCUT2D eigenvalue weighted by Gasteiger charge is 2.34. The Kier molecular flexibility index (Phi) is 3.45. The summed E-state index contributed by atoms with van der Waals surface area (Å²) in [6, 6.07) is 8.47. The second-order valence-corrected chi connectivity index (χ2v) is 7.46. The molecule has 2 atom stereocenters. The number of alkyl halides is 1. The van der Waals surface area contributed by atoms with Crippen molar-refractivity contribution in [1.29, 1.82) is 5.26 Å². The van der Waals surface area contributed by atoms with Crippen LogP contribution in [-0.2, 0) is 0 Å². The first kappa shape index (κ1) is 14.4. The third-order valence-corrected chi connectivity index (χ3v) is 4.73. The van der Waals surface area contributed by atoms with Crippen molar-refractivity contribution in [2.75, 3.05) is 0 Å². The Labute approximate surface area is 130 Å². The molecular formula is C17H20ClN3. The van der Waals surface area contributed by atoms with Crippen LogP contribution in [0.3, 0.4) is 0 Å². The van der Waals surface area contributed by atoms with Crippen molar-refractivity contribution in [1.82, 2.24) is 9.55 Å². The Bertz CT molecular complexity index is 721. The van der Waals surface area contributed by atoms with Gasteiger partial charge in [0.15, 0.2) is 0 Å². The number of hydrogen-bond donors (Lipinski definition) is 0. The van der Waals surface area contributed by atoms with E-state index in [1.54, 1.807) is 0 Å². The van der Waals surface area contributed by atoms with E-state index in [4.69, 9.17) is 11.6 Å². The van der Waals surface area contributed by atoms with Crippen LogP contribution in [0.15, 0.2) is 18.2 Å². The number of nitriles is 1. The van der Waals surface area contributed by atoms with Crippen LogP contribution in [0.5, 0.6) is 0 Å². The lowest BCUT2D eigenvalue weighted by atomic mass is 9.92. The Morgan fingerprint density at radius 2 is 2.24 bits per heavy atom. The molecule has 4 heteroatoms. The Morgan fingerprint density at radius 1 is 1.48 bits per heavy atom. The summed E-state index contributed by atoms with van der Waals surface area (Å²) in [5.74, 6) is 0.886. The molecule has 2 aromatic rings. The molecule has 1 fully saturated rings. The number of benzene rings is 1. The van der Waals surface area contributed by atoms with Crippen molar-refractivity contribution in [2.24, 2.45) is 5.41 Å². The molecule has 0 bridgehead atoms. The second-order valence-electron chi connectivity index (χ2n) is 6.80. The molecule has 0 radical (unpaired) electrons. The molecule has 3 rings (SSSR count). The molecule has 0 N–H and O–H groups in total. The van der Waals surface area contributed by atoms with Gasteiger partial charge in [0.05, 0.1) is 16.5 Å². The van der Waals surface area contributed by atoms with Crippen molar-refractivity contribution in [2.45, 2.75) is 51.5 Å². The lowest BCUT2D eigenvalue weighted by Gasteiger charge is -2.21. The molecule has 0 aliphatic heterocycles. The lowest BCUT2D eigenvalue weighted by molar-refractivity contribution is 0.358. The molecule has 1 aliphatic rings. The number of para-hydroxylation sites is 1. The number of fused-ring (bicyclic) bond motifs is 1. The zero-order valence-corrected chi connectivity index (χ0v) is 13.5. The molecule has 2 unspecified atom stereocenters. The number of hydrogen-bond acceptors (Lipinski definition) is 2. The summed E-state index contributed by atoms with van der Waals surface area (Å²) in [4.78, 5) is 4.68. The van der Waals surface area contributed by atoms with Gasteiger partial charge in [-0.3, -0.25) is 0 Å². The maximum absolute atomic E-state index is 9.29. The van der Waals surface area contributed by atoms with E-state index < -0.39 is 0 Å². The van der Waals surface area contributed by atoms with Gasteiger partial charge in [0, 0.05) is 6.04 Å². The van der Waals surface area contributed by atoms with E-state index >= 15 is 0 Å². The van der Waals surface area contributed by atoms with Crippen LogP contribution < -0.4 is 0 Å². The maximum atomic E-state index is 9.29. The number of aromatic nitrogens is 2. The van der Waals surface area contributed by atoms with E-state index in [-0.39, 0.29) is 5.38 Å². The molecule has 1 heterocycles. The zero-order chi connectivity index (χ0) is 15.2.